The third-order valence-corrected chi connectivity index (χ3v) is 2.97. The zero-order chi connectivity index (χ0) is 15.2. The van der Waals surface area contributed by atoms with Crippen LogP contribution in [0.3, 0.4) is 0 Å². The number of carbonyl (C=O) groups is 1. The van der Waals surface area contributed by atoms with E-state index < -0.39 is 5.97 Å². The van der Waals surface area contributed by atoms with Gasteiger partial charge in [-0.3, -0.25) is 4.79 Å². The Kier molecular flexibility index (Phi) is 11.9. The molecule has 0 aliphatic rings. The fourth-order valence-electron chi connectivity index (χ4n) is 2.08. The number of carboxylic acids is 1. The van der Waals surface area contributed by atoms with Gasteiger partial charge in [-0.05, 0) is 36.8 Å². The maximum Gasteiger partial charge on any atom is 0.303 e. The average Bonchev–Trinajstić information content (AvgIpc) is 2.41. The van der Waals surface area contributed by atoms with E-state index in [1.807, 2.05) is 0 Å². The number of rotatable bonds is 8. The van der Waals surface area contributed by atoms with Crippen LogP contribution < -0.4 is 0 Å². The van der Waals surface area contributed by atoms with Gasteiger partial charge in [0.25, 0.3) is 0 Å². The third-order valence-electron chi connectivity index (χ3n) is 2.97. The van der Waals surface area contributed by atoms with Crippen LogP contribution in [-0.2, 0) is 17.6 Å². The van der Waals surface area contributed by atoms with E-state index in [1.165, 1.54) is 24.0 Å². The Bertz CT molecular complexity index is 358. The van der Waals surface area contributed by atoms with Crippen LogP contribution in [0.2, 0.25) is 0 Å². The molecule has 0 atom stereocenters. The van der Waals surface area contributed by atoms with E-state index in [4.69, 9.17) is 5.11 Å². The largest absolute Gasteiger partial charge is 0.481 e. The lowest BCUT2D eigenvalue weighted by Crippen LogP contribution is -1.96. The third kappa shape index (κ3) is 9.60. The fraction of sp³-hybridized carbons (Fsp3) is 0.611. The molecule has 0 saturated carbocycles. The molecule has 2 heteroatoms. The summed E-state index contributed by atoms with van der Waals surface area (Å²) in [7, 11) is 0. The van der Waals surface area contributed by atoms with Gasteiger partial charge in [0.2, 0.25) is 0 Å². The van der Waals surface area contributed by atoms with Gasteiger partial charge >= 0.3 is 5.97 Å². The van der Waals surface area contributed by atoms with Crippen molar-refractivity contribution in [3.05, 3.63) is 35.4 Å². The molecular formula is C18H30O2. The van der Waals surface area contributed by atoms with Crippen LogP contribution in [-0.4, -0.2) is 11.1 Å². The summed E-state index contributed by atoms with van der Waals surface area (Å²) < 4.78 is 0. The van der Waals surface area contributed by atoms with E-state index in [1.54, 1.807) is 0 Å². The van der Waals surface area contributed by atoms with Crippen molar-refractivity contribution in [2.45, 2.75) is 72.1 Å². The molecule has 1 N–H and O–H groups in total. The quantitative estimate of drug-likeness (QED) is 0.660. The van der Waals surface area contributed by atoms with Crippen LogP contribution in [0.25, 0.3) is 0 Å². The normalized spacial score (nSPS) is 9.75. The molecule has 1 aromatic rings. The zero-order valence-electron chi connectivity index (χ0n) is 13.3. The highest BCUT2D eigenvalue weighted by Gasteiger charge is 2.01. The first kappa shape index (κ1) is 18.7. The van der Waals surface area contributed by atoms with Crippen molar-refractivity contribution < 1.29 is 9.90 Å². The first-order valence-corrected chi connectivity index (χ1v) is 7.94. The highest BCUT2D eigenvalue weighted by Crippen LogP contribution is 2.14. The summed E-state index contributed by atoms with van der Waals surface area (Å²) in [6.45, 7) is 6.45. The summed E-state index contributed by atoms with van der Waals surface area (Å²) in [5.41, 5.74) is 2.89. The molecule has 2 nitrogen and oxygen atoms in total. The van der Waals surface area contributed by atoms with E-state index in [-0.39, 0.29) is 0 Å². The summed E-state index contributed by atoms with van der Waals surface area (Å²) in [4.78, 5) is 10.4. The first-order chi connectivity index (χ1) is 9.65. The number of hydrogen-bond donors (Lipinski definition) is 1. The number of carboxylic acid groups (broad SMARTS) is 1. The molecule has 0 fully saturated rings. The average molecular weight is 278 g/mol. The highest BCUT2D eigenvalue weighted by molar-refractivity contribution is 5.66. The highest BCUT2D eigenvalue weighted by atomic mass is 16.4. The summed E-state index contributed by atoms with van der Waals surface area (Å²) in [5, 5.41) is 8.54. The number of aryl methyl sites for hydroxylation is 2. The van der Waals surface area contributed by atoms with E-state index in [0.717, 1.165) is 32.1 Å². The fourth-order valence-corrected chi connectivity index (χ4v) is 2.08. The van der Waals surface area contributed by atoms with Crippen LogP contribution >= 0.6 is 0 Å². The summed E-state index contributed by atoms with van der Waals surface area (Å²) in [6, 6.07) is 8.59. The molecule has 0 heterocycles. The summed E-state index contributed by atoms with van der Waals surface area (Å²) >= 11 is 0. The van der Waals surface area contributed by atoms with Gasteiger partial charge in [0, 0.05) is 6.42 Å². The van der Waals surface area contributed by atoms with Crippen LogP contribution in [0, 0.1) is 0 Å². The Balaban J connectivity index is 0.00000110. The Labute approximate surface area is 124 Å². The molecule has 114 valence electrons. The molecule has 0 unspecified atom stereocenters. The van der Waals surface area contributed by atoms with E-state index >= 15 is 0 Å². The van der Waals surface area contributed by atoms with Crippen LogP contribution in [0.4, 0.5) is 0 Å². The molecule has 0 radical (unpaired) electrons. The lowest BCUT2D eigenvalue weighted by molar-refractivity contribution is -0.137. The molecule has 1 rings (SSSR count). The van der Waals surface area contributed by atoms with Crippen molar-refractivity contribution in [2.75, 3.05) is 0 Å². The maximum atomic E-state index is 10.4. The Hall–Kier alpha value is -1.31. The zero-order valence-corrected chi connectivity index (χ0v) is 13.3. The molecule has 0 spiro atoms. The van der Waals surface area contributed by atoms with E-state index in [9.17, 15) is 4.79 Å². The monoisotopic (exact) mass is 278 g/mol. The molecule has 1 aromatic carbocycles. The predicted octanol–water partition coefficient (Wildman–Crippen LogP) is 5.24. The Morgan fingerprint density at radius 1 is 0.950 bits per heavy atom. The second kappa shape index (κ2) is 12.7. The molecule has 0 amide bonds. The van der Waals surface area contributed by atoms with Crippen molar-refractivity contribution >= 4 is 5.97 Å². The van der Waals surface area contributed by atoms with Gasteiger partial charge < -0.3 is 5.11 Å². The smallest absolute Gasteiger partial charge is 0.303 e. The molecule has 20 heavy (non-hydrogen) atoms. The van der Waals surface area contributed by atoms with Crippen LogP contribution in [0.15, 0.2) is 24.3 Å². The van der Waals surface area contributed by atoms with Gasteiger partial charge in [-0.15, -0.1) is 0 Å². The van der Waals surface area contributed by atoms with Crippen molar-refractivity contribution in [1.82, 2.24) is 0 Å². The Morgan fingerprint density at radius 3 is 2.00 bits per heavy atom. The number of benzene rings is 1. The van der Waals surface area contributed by atoms with Crippen LogP contribution in [0.5, 0.6) is 0 Å². The minimum absolute atomic E-state index is 0.302. The van der Waals surface area contributed by atoms with Crippen molar-refractivity contribution in [3.8, 4) is 0 Å². The Morgan fingerprint density at radius 2 is 1.50 bits per heavy atom. The molecule has 0 aliphatic heterocycles. The standard InChI is InChI=1S/C15H22O2.C3H8/c1-2-8-13-10-6-7-11-14(13)9-4-3-5-12-15(16)17;1-3-2/h6-7,10-11H,2-5,8-9,12H2,1H3,(H,16,17);3H2,1-2H3. The molecule has 0 aromatic heterocycles. The minimum atomic E-state index is -0.684. The topological polar surface area (TPSA) is 37.3 Å². The predicted molar refractivity (Wildman–Crippen MR) is 86.2 cm³/mol. The second-order valence-corrected chi connectivity index (χ2v) is 5.18. The first-order valence-electron chi connectivity index (χ1n) is 7.94. The van der Waals surface area contributed by atoms with E-state index in [0.29, 0.717) is 6.42 Å². The molecule has 0 aliphatic carbocycles. The number of unbranched alkanes of at least 4 members (excludes halogenated alkanes) is 2. The molecule has 0 bridgehead atoms. The SMILES string of the molecule is CCC.CCCc1ccccc1CCCCCC(=O)O. The van der Waals surface area contributed by atoms with Gasteiger partial charge in [-0.25, -0.2) is 0 Å². The number of aliphatic carboxylic acids is 1. The van der Waals surface area contributed by atoms with Crippen molar-refractivity contribution in [2.24, 2.45) is 0 Å². The van der Waals surface area contributed by atoms with Crippen molar-refractivity contribution in [3.63, 3.8) is 0 Å². The van der Waals surface area contributed by atoms with Crippen LogP contribution in [0.1, 0.15) is 70.4 Å². The molecule has 0 saturated heterocycles. The van der Waals surface area contributed by atoms with E-state index in [2.05, 4.69) is 45.0 Å². The van der Waals surface area contributed by atoms with Crippen molar-refractivity contribution in [1.29, 1.82) is 0 Å². The number of hydrogen-bond acceptors (Lipinski definition) is 1. The summed E-state index contributed by atoms with van der Waals surface area (Å²) in [5.74, 6) is -0.684. The van der Waals surface area contributed by atoms with Gasteiger partial charge in [0.05, 0.1) is 0 Å². The minimum Gasteiger partial charge on any atom is -0.481 e. The van der Waals surface area contributed by atoms with Gasteiger partial charge in [-0.2, -0.15) is 0 Å². The molecular weight excluding hydrogens is 248 g/mol. The summed E-state index contributed by atoms with van der Waals surface area (Å²) in [6.07, 6.45) is 7.85. The lowest BCUT2D eigenvalue weighted by atomic mass is 9.98. The second-order valence-electron chi connectivity index (χ2n) is 5.18. The lowest BCUT2D eigenvalue weighted by Gasteiger charge is -2.08. The van der Waals surface area contributed by atoms with Gasteiger partial charge in [0.15, 0.2) is 0 Å². The van der Waals surface area contributed by atoms with Gasteiger partial charge in [-0.1, -0.05) is 64.3 Å². The maximum absolute atomic E-state index is 10.4. The van der Waals surface area contributed by atoms with Gasteiger partial charge in [0.1, 0.15) is 0 Å².